The Kier molecular flexibility index (Phi) is 5.57. The molecule has 6 heteroatoms. The zero-order valence-electron chi connectivity index (χ0n) is 12.1. The van der Waals surface area contributed by atoms with Crippen molar-refractivity contribution >= 4 is 17.5 Å². The Balaban J connectivity index is 1.83. The van der Waals surface area contributed by atoms with E-state index in [0.29, 0.717) is 38.3 Å². The number of amides is 2. The van der Waals surface area contributed by atoms with Gasteiger partial charge in [0.05, 0.1) is 12.3 Å². The second-order valence-corrected chi connectivity index (χ2v) is 4.75. The van der Waals surface area contributed by atoms with Crippen LogP contribution in [0.15, 0.2) is 24.3 Å². The Morgan fingerprint density at radius 1 is 1.43 bits per heavy atom. The van der Waals surface area contributed by atoms with Gasteiger partial charge in [-0.05, 0) is 18.6 Å². The fraction of sp³-hybridized carbons (Fsp3) is 0.467. The van der Waals surface area contributed by atoms with Crippen LogP contribution in [0, 0.1) is 0 Å². The van der Waals surface area contributed by atoms with Gasteiger partial charge in [0.15, 0.2) is 6.61 Å². The summed E-state index contributed by atoms with van der Waals surface area (Å²) in [7, 11) is 1.59. The van der Waals surface area contributed by atoms with E-state index < -0.39 is 0 Å². The first-order valence-corrected chi connectivity index (χ1v) is 7.00. The molecule has 21 heavy (non-hydrogen) atoms. The number of hydrogen-bond acceptors (Lipinski definition) is 4. The maximum absolute atomic E-state index is 11.9. The van der Waals surface area contributed by atoms with Crippen molar-refractivity contribution in [3.05, 3.63) is 24.3 Å². The smallest absolute Gasteiger partial charge is 0.265 e. The molecule has 0 saturated carbocycles. The van der Waals surface area contributed by atoms with Crippen LogP contribution in [0.3, 0.4) is 0 Å². The van der Waals surface area contributed by atoms with Crippen LogP contribution in [0.25, 0.3) is 0 Å². The Morgan fingerprint density at radius 3 is 3.05 bits per heavy atom. The standard InChI is InChI=1S/C15H20N2O4/c1-20-10-8-16-14(18)7-4-9-17-12-5-2-3-6-13(12)21-11-15(17)19/h2-3,5-6H,4,7-11H2,1H3,(H,16,18). The van der Waals surface area contributed by atoms with Crippen molar-refractivity contribution in [2.24, 2.45) is 0 Å². The normalized spacial score (nSPS) is 13.6. The Hall–Kier alpha value is -2.08. The predicted octanol–water partition coefficient (Wildman–Crippen LogP) is 0.955. The number of fused-ring (bicyclic) bond motifs is 1. The van der Waals surface area contributed by atoms with Crippen molar-refractivity contribution in [3.63, 3.8) is 0 Å². The molecule has 1 aromatic rings. The summed E-state index contributed by atoms with van der Waals surface area (Å²) >= 11 is 0. The van der Waals surface area contributed by atoms with E-state index in [4.69, 9.17) is 9.47 Å². The third-order valence-electron chi connectivity index (χ3n) is 3.22. The molecule has 1 aliphatic heterocycles. The molecule has 0 aliphatic carbocycles. The number of hydrogen-bond donors (Lipinski definition) is 1. The van der Waals surface area contributed by atoms with Gasteiger partial charge in [-0.2, -0.15) is 0 Å². The summed E-state index contributed by atoms with van der Waals surface area (Å²) in [5.41, 5.74) is 0.772. The second-order valence-electron chi connectivity index (χ2n) is 4.75. The number of anilines is 1. The largest absolute Gasteiger partial charge is 0.482 e. The molecule has 0 saturated heterocycles. The fourth-order valence-corrected chi connectivity index (χ4v) is 2.18. The van der Waals surface area contributed by atoms with Crippen molar-refractivity contribution in [1.82, 2.24) is 5.32 Å². The highest BCUT2D eigenvalue weighted by atomic mass is 16.5. The average molecular weight is 292 g/mol. The van der Waals surface area contributed by atoms with Crippen LogP contribution in [0.1, 0.15) is 12.8 Å². The first-order valence-electron chi connectivity index (χ1n) is 7.00. The molecule has 1 N–H and O–H groups in total. The minimum absolute atomic E-state index is 0.0268. The van der Waals surface area contributed by atoms with Crippen LogP contribution in [0.5, 0.6) is 5.75 Å². The van der Waals surface area contributed by atoms with Crippen molar-refractivity contribution < 1.29 is 19.1 Å². The second kappa shape index (κ2) is 7.64. The van der Waals surface area contributed by atoms with Gasteiger partial charge in [0.25, 0.3) is 5.91 Å². The van der Waals surface area contributed by atoms with Crippen LogP contribution in [-0.4, -0.2) is 45.2 Å². The number of nitrogens with one attached hydrogen (secondary N) is 1. The van der Waals surface area contributed by atoms with Gasteiger partial charge in [-0.3, -0.25) is 9.59 Å². The molecule has 1 heterocycles. The molecule has 0 spiro atoms. The molecular formula is C15H20N2O4. The fourth-order valence-electron chi connectivity index (χ4n) is 2.18. The van der Waals surface area contributed by atoms with Gasteiger partial charge in [-0.15, -0.1) is 0 Å². The summed E-state index contributed by atoms with van der Waals surface area (Å²) in [6.45, 7) is 1.57. The van der Waals surface area contributed by atoms with E-state index in [-0.39, 0.29) is 18.4 Å². The van der Waals surface area contributed by atoms with E-state index in [0.717, 1.165) is 5.69 Å². The highest BCUT2D eigenvalue weighted by Gasteiger charge is 2.24. The molecule has 0 unspecified atom stereocenters. The maximum Gasteiger partial charge on any atom is 0.265 e. The lowest BCUT2D eigenvalue weighted by Gasteiger charge is -2.29. The number of benzene rings is 1. The van der Waals surface area contributed by atoms with Crippen LogP contribution in [0.4, 0.5) is 5.69 Å². The quantitative estimate of drug-likeness (QED) is 0.760. The van der Waals surface area contributed by atoms with E-state index in [2.05, 4.69) is 5.32 Å². The molecule has 0 bridgehead atoms. The molecule has 6 nitrogen and oxygen atoms in total. The zero-order valence-corrected chi connectivity index (χ0v) is 12.1. The SMILES string of the molecule is COCCNC(=O)CCCN1C(=O)COc2ccccc21. The van der Waals surface area contributed by atoms with Gasteiger partial charge < -0.3 is 19.7 Å². The molecule has 0 aromatic heterocycles. The topological polar surface area (TPSA) is 67.9 Å². The highest BCUT2D eigenvalue weighted by molar-refractivity contribution is 5.97. The minimum atomic E-state index is -0.0755. The van der Waals surface area contributed by atoms with Crippen LogP contribution in [-0.2, 0) is 14.3 Å². The third kappa shape index (κ3) is 4.19. The minimum Gasteiger partial charge on any atom is -0.482 e. The van der Waals surface area contributed by atoms with E-state index in [1.54, 1.807) is 12.0 Å². The van der Waals surface area contributed by atoms with Crippen molar-refractivity contribution in [3.8, 4) is 5.75 Å². The molecule has 0 fully saturated rings. The molecule has 114 valence electrons. The van der Waals surface area contributed by atoms with Crippen LogP contribution in [0.2, 0.25) is 0 Å². The Labute approximate surface area is 124 Å². The summed E-state index contributed by atoms with van der Waals surface area (Å²) < 4.78 is 10.2. The van der Waals surface area contributed by atoms with Gasteiger partial charge in [0.1, 0.15) is 5.75 Å². The van der Waals surface area contributed by atoms with E-state index >= 15 is 0 Å². The summed E-state index contributed by atoms with van der Waals surface area (Å²) in [5.74, 6) is 0.608. The first-order chi connectivity index (χ1) is 10.2. The molecular weight excluding hydrogens is 272 g/mol. The molecule has 2 amide bonds. The molecule has 0 radical (unpaired) electrons. The van der Waals surface area contributed by atoms with Crippen molar-refractivity contribution in [2.45, 2.75) is 12.8 Å². The lowest BCUT2D eigenvalue weighted by Crippen LogP contribution is -2.39. The average Bonchev–Trinajstić information content (AvgIpc) is 2.50. The summed E-state index contributed by atoms with van der Waals surface area (Å²) in [6.07, 6.45) is 0.995. The van der Waals surface area contributed by atoms with Gasteiger partial charge >= 0.3 is 0 Å². The number of carbonyl (C=O) groups excluding carboxylic acids is 2. The maximum atomic E-state index is 11.9. The van der Waals surface area contributed by atoms with Crippen molar-refractivity contribution in [1.29, 1.82) is 0 Å². The van der Waals surface area contributed by atoms with Crippen LogP contribution >= 0.6 is 0 Å². The lowest BCUT2D eigenvalue weighted by atomic mass is 10.2. The first kappa shape index (κ1) is 15.3. The number of para-hydroxylation sites is 2. The number of ether oxygens (including phenoxy) is 2. The zero-order chi connectivity index (χ0) is 15.1. The van der Waals surface area contributed by atoms with E-state index in [9.17, 15) is 9.59 Å². The highest BCUT2D eigenvalue weighted by Crippen LogP contribution is 2.31. The molecule has 0 atom stereocenters. The summed E-state index contributed by atoms with van der Waals surface area (Å²) in [4.78, 5) is 25.2. The van der Waals surface area contributed by atoms with E-state index in [1.807, 2.05) is 24.3 Å². The lowest BCUT2D eigenvalue weighted by molar-refractivity contribution is -0.123. The number of nitrogens with zero attached hydrogens (tertiary/aromatic N) is 1. The van der Waals surface area contributed by atoms with Gasteiger partial charge in [0.2, 0.25) is 5.91 Å². The van der Waals surface area contributed by atoms with Crippen LogP contribution < -0.4 is 15.0 Å². The van der Waals surface area contributed by atoms with Gasteiger partial charge in [-0.1, -0.05) is 12.1 Å². The number of carbonyl (C=O) groups is 2. The summed E-state index contributed by atoms with van der Waals surface area (Å²) in [5, 5.41) is 2.76. The number of rotatable bonds is 7. The van der Waals surface area contributed by atoms with Crippen molar-refractivity contribution in [2.75, 3.05) is 38.3 Å². The Morgan fingerprint density at radius 2 is 2.24 bits per heavy atom. The van der Waals surface area contributed by atoms with E-state index in [1.165, 1.54) is 0 Å². The molecule has 1 aromatic carbocycles. The molecule has 1 aliphatic rings. The number of methoxy groups -OCH3 is 1. The summed E-state index contributed by atoms with van der Waals surface area (Å²) in [6, 6.07) is 7.43. The monoisotopic (exact) mass is 292 g/mol. The van der Waals surface area contributed by atoms with Gasteiger partial charge in [0, 0.05) is 26.6 Å². The van der Waals surface area contributed by atoms with Gasteiger partial charge in [-0.25, -0.2) is 0 Å². The predicted molar refractivity (Wildman–Crippen MR) is 78.4 cm³/mol. The third-order valence-corrected chi connectivity index (χ3v) is 3.22. The molecule has 2 rings (SSSR count). The Bertz CT molecular complexity index is 504.